The maximum absolute atomic E-state index is 13.1. The van der Waals surface area contributed by atoms with Crippen molar-refractivity contribution in [3.8, 4) is 5.75 Å². The monoisotopic (exact) mass is 326 g/mol. The summed E-state index contributed by atoms with van der Waals surface area (Å²) in [6.45, 7) is 0.226. The van der Waals surface area contributed by atoms with Crippen LogP contribution in [0.1, 0.15) is 5.56 Å². The van der Waals surface area contributed by atoms with Gasteiger partial charge in [0.25, 0.3) is 0 Å². The summed E-state index contributed by atoms with van der Waals surface area (Å²) in [6.07, 6.45) is 0. The van der Waals surface area contributed by atoms with Crippen LogP contribution >= 0.6 is 23.2 Å². The molecule has 6 heteroatoms. The first kappa shape index (κ1) is 15.6. The number of rotatable bonds is 5. The quantitative estimate of drug-likeness (QED) is 0.506. The Morgan fingerprint density at radius 2 is 2.05 bits per heavy atom. The molecule has 0 aliphatic heterocycles. The third-order valence-corrected chi connectivity index (χ3v) is 3.18. The summed E-state index contributed by atoms with van der Waals surface area (Å²) >= 11 is 11.7. The zero-order chi connectivity index (χ0) is 15.2. The summed E-state index contributed by atoms with van der Waals surface area (Å²) in [7, 11) is 0. The Labute approximate surface area is 132 Å². The average Bonchev–Trinajstić information content (AvgIpc) is 2.46. The van der Waals surface area contributed by atoms with Gasteiger partial charge in [-0.3, -0.25) is 0 Å². The third kappa shape index (κ3) is 4.62. The van der Waals surface area contributed by atoms with Crippen LogP contribution in [0.15, 0.2) is 47.5 Å². The van der Waals surface area contributed by atoms with Gasteiger partial charge < -0.3 is 10.5 Å². The molecule has 0 aliphatic carbocycles. The minimum Gasteiger partial charge on any atom is -0.487 e. The van der Waals surface area contributed by atoms with E-state index >= 15 is 0 Å². The second kappa shape index (κ2) is 7.29. The van der Waals surface area contributed by atoms with Gasteiger partial charge in [0.05, 0.1) is 16.6 Å². The molecule has 2 aromatic carbocycles. The highest BCUT2D eigenvalue weighted by atomic mass is 35.5. The Morgan fingerprint density at radius 1 is 1.24 bits per heavy atom. The van der Waals surface area contributed by atoms with Gasteiger partial charge in [-0.05, 0) is 35.9 Å². The first-order valence-electron chi connectivity index (χ1n) is 6.14. The highest BCUT2D eigenvalue weighted by Crippen LogP contribution is 2.29. The van der Waals surface area contributed by atoms with Gasteiger partial charge in [-0.1, -0.05) is 23.7 Å². The van der Waals surface area contributed by atoms with Crippen LogP contribution < -0.4 is 10.5 Å². The lowest BCUT2D eigenvalue weighted by Crippen LogP contribution is -2.12. The molecular formula is C15H13Cl2FN2O. The van der Waals surface area contributed by atoms with E-state index in [0.29, 0.717) is 22.3 Å². The topological polar surface area (TPSA) is 47.6 Å². The molecule has 0 atom stereocenters. The van der Waals surface area contributed by atoms with Gasteiger partial charge in [0.15, 0.2) is 0 Å². The van der Waals surface area contributed by atoms with Gasteiger partial charge >= 0.3 is 0 Å². The molecule has 0 amide bonds. The Bertz CT molecular complexity index is 662. The predicted octanol–water partition coefficient (Wildman–Crippen LogP) is 4.29. The standard InChI is InChI=1S/C15H13Cl2FN2O/c16-8-15(19)20-12-4-5-14(13(17)7-12)21-9-10-2-1-3-11(18)6-10/h1-7H,8-9H2,(H2,19,20). The van der Waals surface area contributed by atoms with Crippen molar-refractivity contribution in [2.24, 2.45) is 10.7 Å². The molecule has 0 unspecified atom stereocenters. The molecule has 0 radical (unpaired) electrons. The zero-order valence-corrected chi connectivity index (χ0v) is 12.5. The zero-order valence-electron chi connectivity index (χ0n) is 11.0. The Kier molecular flexibility index (Phi) is 5.42. The first-order chi connectivity index (χ1) is 10.1. The van der Waals surface area contributed by atoms with Crippen molar-refractivity contribution in [3.05, 3.63) is 58.9 Å². The number of ether oxygens (including phenoxy) is 1. The van der Waals surface area contributed by atoms with E-state index in [-0.39, 0.29) is 18.3 Å². The van der Waals surface area contributed by atoms with Crippen molar-refractivity contribution in [3.63, 3.8) is 0 Å². The number of amidine groups is 1. The Morgan fingerprint density at radius 3 is 2.71 bits per heavy atom. The van der Waals surface area contributed by atoms with Gasteiger partial charge in [-0.15, -0.1) is 11.6 Å². The molecule has 21 heavy (non-hydrogen) atoms. The number of hydrogen-bond donors (Lipinski definition) is 1. The molecule has 2 rings (SSSR count). The Balaban J connectivity index is 2.08. The molecule has 0 heterocycles. The van der Waals surface area contributed by atoms with E-state index in [2.05, 4.69) is 4.99 Å². The van der Waals surface area contributed by atoms with E-state index in [1.165, 1.54) is 12.1 Å². The van der Waals surface area contributed by atoms with Crippen molar-refractivity contribution < 1.29 is 9.13 Å². The molecule has 3 nitrogen and oxygen atoms in total. The van der Waals surface area contributed by atoms with Crippen LogP contribution in [0.3, 0.4) is 0 Å². The normalized spacial score (nSPS) is 11.5. The number of nitrogens with zero attached hydrogens (tertiary/aromatic N) is 1. The van der Waals surface area contributed by atoms with Gasteiger partial charge in [0.2, 0.25) is 0 Å². The largest absolute Gasteiger partial charge is 0.487 e. The fourth-order valence-electron chi connectivity index (χ4n) is 1.66. The summed E-state index contributed by atoms with van der Waals surface area (Å²) in [5.74, 6) is 0.643. The molecule has 2 N–H and O–H groups in total. The maximum Gasteiger partial charge on any atom is 0.138 e. The molecule has 0 aromatic heterocycles. The summed E-state index contributed by atoms with van der Waals surface area (Å²) in [6, 6.07) is 11.2. The molecule has 2 aromatic rings. The molecule has 0 saturated carbocycles. The van der Waals surface area contributed by atoms with E-state index < -0.39 is 0 Å². The fourth-order valence-corrected chi connectivity index (χ4v) is 1.95. The van der Waals surface area contributed by atoms with E-state index in [0.717, 1.165) is 5.56 Å². The van der Waals surface area contributed by atoms with Crippen LogP contribution in [0.5, 0.6) is 5.75 Å². The van der Waals surface area contributed by atoms with E-state index in [1.807, 2.05) is 0 Å². The van der Waals surface area contributed by atoms with Gasteiger partial charge in [-0.25, -0.2) is 9.38 Å². The van der Waals surface area contributed by atoms with Crippen molar-refractivity contribution in [1.29, 1.82) is 0 Å². The highest BCUT2D eigenvalue weighted by Gasteiger charge is 2.04. The Hall–Kier alpha value is -1.78. The van der Waals surface area contributed by atoms with Gasteiger partial charge in [0, 0.05) is 0 Å². The van der Waals surface area contributed by atoms with Crippen molar-refractivity contribution in [2.75, 3.05) is 5.88 Å². The number of aliphatic imine (C=N–C) groups is 1. The van der Waals surface area contributed by atoms with Crippen LogP contribution in [0.2, 0.25) is 5.02 Å². The molecule has 110 valence electrons. The molecule has 0 spiro atoms. The predicted molar refractivity (Wildman–Crippen MR) is 84.2 cm³/mol. The summed E-state index contributed by atoms with van der Waals surface area (Å²) in [4.78, 5) is 4.08. The molecule has 0 fully saturated rings. The van der Waals surface area contributed by atoms with Gasteiger partial charge in [-0.2, -0.15) is 0 Å². The van der Waals surface area contributed by atoms with Crippen LogP contribution in [0.4, 0.5) is 10.1 Å². The summed E-state index contributed by atoms with van der Waals surface area (Å²) in [5.41, 5.74) is 6.87. The first-order valence-corrected chi connectivity index (χ1v) is 7.05. The highest BCUT2D eigenvalue weighted by molar-refractivity contribution is 6.32. The lowest BCUT2D eigenvalue weighted by molar-refractivity contribution is 0.306. The number of alkyl halides is 1. The minimum absolute atomic E-state index is 0.148. The number of halogens is 3. The molecular weight excluding hydrogens is 314 g/mol. The average molecular weight is 327 g/mol. The number of hydrogen-bond acceptors (Lipinski definition) is 2. The second-order valence-corrected chi connectivity index (χ2v) is 4.94. The summed E-state index contributed by atoms with van der Waals surface area (Å²) < 4.78 is 18.6. The van der Waals surface area contributed by atoms with E-state index in [4.69, 9.17) is 33.7 Å². The van der Waals surface area contributed by atoms with Crippen LogP contribution in [0.25, 0.3) is 0 Å². The van der Waals surface area contributed by atoms with E-state index in [1.54, 1.807) is 30.3 Å². The number of benzene rings is 2. The SMILES string of the molecule is NC(CCl)=Nc1ccc(OCc2cccc(F)c2)c(Cl)c1. The summed E-state index contributed by atoms with van der Waals surface area (Å²) in [5, 5.41) is 0.398. The fraction of sp³-hybridized carbons (Fsp3) is 0.133. The van der Waals surface area contributed by atoms with E-state index in [9.17, 15) is 4.39 Å². The lowest BCUT2D eigenvalue weighted by atomic mass is 10.2. The van der Waals surface area contributed by atoms with Crippen molar-refractivity contribution >= 4 is 34.7 Å². The van der Waals surface area contributed by atoms with Crippen LogP contribution in [0, 0.1) is 5.82 Å². The van der Waals surface area contributed by atoms with Crippen molar-refractivity contribution in [1.82, 2.24) is 0 Å². The molecule has 0 aliphatic rings. The maximum atomic E-state index is 13.1. The third-order valence-electron chi connectivity index (χ3n) is 2.61. The van der Waals surface area contributed by atoms with Crippen molar-refractivity contribution in [2.45, 2.75) is 6.61 Å². The smallest absolute Gasteiger partial charge is 0.138 e. The van der Waals surface area contributed by atoms with Crippen LogP contribution in [-0.4, -0.2) is 11.7 Å². The lowest BCUT2D eigenvalue weighted by Gasteiger charge is -2.09. The van der Waals surface area contributed by atoms with Gasteiger partial charge in [0.1, 0.15) is 24.0 Å². The minimum atomic E-state index is -0.302. The number of nitrogens with two attached hydrogens (primary N) is 1. The second-order valence-electron chi connectivity index (χ2n) is 4.27. The van der Waals surface area contributed by atoms with Crippen LogP contribution in [-0.2, 0) is 6.61 Å². The molecule has 0 saturated heterocycles. The molecule has 0 bridgehead atoms.